The van der Waals surface area contributed by atoms with Crippen LogP contribution in [0, 0.1) is 5.92 Å². The van der Waals surface area contributed by atoms with Crippen molar-refractivity contribution in [1.29, 1.82) is 0 Å². The Balaban J connectivity index is 2.18. The summed E-state index contributed by atoms with van der Waals surface area (Å²) >= 11 is 0. The van der Waals surface area contributed by atoms with E-state index in [4.69, 9.17) is 14.6 Å². The lowest BCUT2D eigenvalue weighted by molar-refractivity contribution is -0.271. The topological polar surface area (TPSA) is 128 Å². The van der Waals surface area contributed by atoms with E-state index in [9.17, 15) is 20.1 Å². The maximum Gasteiger partial charge on any atom is 0.335 e. The number of carbonyl (C=O) groups is 1. The highest BCUT2D eigenvalue weighted by Gasteiger charge is 2.48. The van der Waals surface area contributed by atoms with Gasteiger partial charge in [-0.15, -0.1) is 0 Å². The molecule has 0 spiro atoms. The summed E-state index contributed by atoms with van der Waals surface area (Å²) in [5, 5.41) is 42.0. The van der Waals surface area contributed by atoms with E-state index in [0.717, 1.165) is 18.5 Å². The van der Waals surface area contributed by atoms with Crippen molar-refractivity contribution in [3.63, 3.8) is 0 Å². The highest BCUT2D eigenvalue weighted by Crippen LogP contribution is 2.31. The van der Waals surface area contributed by atoms with Crippen molar-refractivity contribution in [2.24, 2.45) is 5.92 Å². The minimum atomic E-state index is -1.74. The molecule has 1 aliphatic heterocycles. The monoisotopic (exact) mass is 383 g/mol. The van der Waals surface area contributed by atoms with Crippen LogP contribution in [-0.4, -0.2) is 70.7 Å². The molecule has 1 saturated heterocycles. The molecule has 0 amide bonds. The molecule has 2 rings (SSSR count). The second-order valence-corrected chi connectivity index (χ2v) is 6.98. The molecule has 1 aromatic carbocycles. The maximum atomic E-state index is 11.2. The van der Waals surface area contributed by atoms with Crippen molar-refractivity contribution < 1.29 is 34.7 Å². The highest BCUT2D eigenvalue weighted by molar-refractivity contribution is 5.73. The number of hydrogen-bond acceptors (Lipinski definition) is 7. The van der Waals surface area contributed by atoms with E-state index in [1.807, 2.05) is 25.2 Å². The quantitative estimate of drug-likeness (QED) is 0.434. The molecular weight excluding hydrogens is 354 g/mol. The Kier molecular flexibility index (Phi) is 7.58. The number of carboxylic acids is 1. The molecular formula is C19H29NO7. The molecule has 1 fully saturated rings. The number of aliphatic carboxylic acids is 1. The fourth-order valence-corrected chi connectivity index (χ4v) is 3.53. The average Bonchev–Trinajstić information content (AvgIpc) is 2.63. The summed E-state index contributed by atoms with van der Waals surface area (Å²) in [6, 6.07) is 7.30. The van der Waals surface area contributed by atoms with E-state index >= 15 is 0 Å². The van der Waals surface area contributed by atoms with E-state index in [-0.39, 0.29) is 5.92 Å². The van der Waals surface area contributed by atoms with Crippen molar-refractivity contribution in [2.45, 2.75) is 56.9 Å². The van der Waals surface area contributed by atoms with Gasteiger partial charge >= 0.3 is 5.97 Å². The maximum absolute atomic E-state index is 11.2. The van der Waals surface area contributed by atoms with Gasteiger partial charge in [0.15, 0.2) is 6.10 Å². The van der Waals surface area contributed by atoms with Gasteiger partial charge in [-0.2, -0.15) is 0 Å². The van der Waals surface area contributed by atoms with Gasteiger partial charge in [-0.05, 0) is 49.5 Å². The van der Waals surface area contributed by atoms with Gasteiger partial charge < -0.3 is 35.2 Å². The zero-order chi connectivity index (χ0) is 20.1. The van der Waals surface area contributed by atoms with Crippen LogP contribution in [0.5, 0.6) is 5.75 Å². The van der Waals surface area contributed by atoms with E-state index in [0.29, 0.717) is 11.7 Å². The summed E-state index contributed by atoms with van der Waals surface area (Å²) in [6.07, 6.45) is -7.17. The van der Waals surface area contributed by atoms with E-state index in [2.05, 4.69) is 19.2 Å². The first-order valence-electron chi connectivity index (χ1n) is 9.13. The van der Waals surface area contributed by atoms with Crippen LogP contribution in [0.3, 0.4) is 0 Å². The normalized spacial score (nSPS) is 30.5. The molecule has 5 N–H and O–H groups in total. The number of nitrogens with one attached hydrogen (secondary N) is 1. The average molecular weight is 383 g/mol. The van der Waals surface area contributed by atoms with E-state index in [1.165, 1.54) is 0 Å². The summed E-state index contributed by atoms with van der Waals surface area (Å²) in [6.45, 7) is 5.12. The van der Waals surface area contributed by atoms with Gasteiger partial charge in [-0.25, -0.2) is 4.79 Å². The molecule has 8 nitrogen and oxygen atoms in total. The lowest BCUT2D eigenvalue weighted by Gasteiger charge is -2.38. The Labute approximate surface area is 158 Å². The van der Waals surface area contributed by atoms with Gasteiger partial charge in [0.05, 0.1) is 0 Å². The molecule has 1 aromatic rings. The number of aliphatic hydroxyl groups is 3. The first-order chi connectivity index (χ1) is 12.8. The second-order valence-electron chi connectivity index (χ2n) is 6.98. The van der Waals surface area contributed by atoms with Crippen LogP contribution in [0.4, 0.5) is 0 Å². The smallest absolute Gasteiger partial charge is 0.335 e. The van der Waals surface area contributed by atoms with Gasteiger partial charge in [0.25, 0.3) is 0 Å². The molecule has 7 atom stereocenters. The molecule has 0 aliphatic carbocycles. The fraction of sp³-hybridized carbons (Fsp3) is 0.632. The van der Waals surface area contributed by atoms with Crippen LogP contribution in [0.15, 0.2) is 24.3 Å². The Bertz CT molecular complexity index is 626. The van der Waals surface area contributed by atoms with Gasteiger partial charge in [0.2, 0.25) is 6.29 Å². The van der Waals surface area contributed by atoms with Crippen LogP contribution in [0.1, 0.15) is 31.7 Å². The Morgan fingerprint density at radius 2 is 1.96 bits per heavy atom. The van der Waals surface area contributed by atoms with Crippen molar-refractivity contribution >= 4 is 5.97 Å². The fourth-order valence-electron chi connectivity index (χ4n) is 3.53. The van der Waals surface area contributed by atoms with Crippen molar-refractivity contribution in [2.75, 3.05) is 13.6 Å². The third kappa shape index (κ3) is 4.97. The molecule has 0 radical (unpaired) electrons. The Morgan fingerprint density at radius 1 is 1.26 bits per heavy atom. The molecule has 1 heterocycles. The van der Waals surface area contributed by atoms with E-state index in [1.54, 1.807) is 6.07 Å². The second kappa shape index (κ2) is 9.48. The molecule has 0 bridgehead atoms. The number of ether oxygens (including phenoxy) is 2. The SMILES string of the molecule is CCC(c1cccc(OC2OC(C(=O)O)C(O)C(O)C2O)c1)C(C)CNC. The third-order valence-corrected chi connectivity index (χ3v) is 5.00. The molecule has 1 aliphatic rings. The first kappa shape index (κ1) is 21.6. The minimum Gasteiger partial charge on any atom is -0.479 e. The number of benzene rings is 1. The van der Waals surface area contributed by atoms with Crippen LogP contribution in [-0.2, 0) is 9.53 Å². The summed E-state index contributed by atoms with van der Waals surface area (Å²) in [5.41, 5.74) is 1.05. The lowest BCUT2D eigenvalue weighted by atomic mass is 9.85. The number of carboxylic acid groups (broad SMARTS) is 1. The standard InChI is InChI=1S/C19H29NO7/c1-4-13(10(2)9-20-3)11-6-5-7-12(8-11)26-19-16(23)14(21)15(22)17(27-19)18(24)25/h5-8,10,13-17,19-23H,4,9H2,1-3H3,(H,24,25). The first-order valence-corrected chi connectivity index (χ1v) is 9.13. The molecule has 0 aromatic heterocycles. The van der Waals surface area contributed by atoms with Crippen LogP contribution < -0.4 is 10.1 Å². The van der Waals surface area contributed by atoms with Crippen LogP contribution >= 0.6 is 0 Å². The van der Waals surface area contributed by atoms with Crippen LogP contribution in [0.25, 0.3) is 0 Å². The van der Waals surface area contributed by atoms with E-state index < -0.39 is 36.7 Å². The summed E-state index contributed by atoms with van der Waals surface area (Å²) in [5.74, 6) is -0.375. The number of aliphatic hydroxyl groups excluding tert-OH is 3. The van der Waals surface area contributed by atoms with Gasteiger partial charge in [-0.3, -0.25) is 0 Å². The molecule has 8 heteroatoms. The van der Waals surface area contributed by atoms with Gasteiger partial charge in [0, 0.05) is 0 Å². The summed E-state index contributed by atoms with van der Waals surface area (Å²) < 4.78 is 10.8. The van der Waals surface area contributed by atoms with Gasteiger partial charge in [0.1, 0.15) is 24.1 Å². The van der Waals surface area contributed by atoms with Crippen molar-refractivity contribution in [3.8, 4) is 5.75 Å². The summed E-state index contributed by atoms with van der Waals surface area (Å²) in [4.78, 5) is 11.2. The van der Waals surface area contributed by atoms with Crippen LogP contribution in [0.2, 0.25) is 0 Å². The highest BCUT2D eigenvalue weighted by atomic mass is 16.7. The number of hydrogen-bond donors (Lipinski definition) is 5. The molecule has 7 unspecified atom stereocenters. The molecule has 152 valence electrons. The Hall–Kier alpha value is -1.71. The molecule has 27 heavy (non-hydrogen) atoms. The lowest BCUT2D eigenvalue weighted by Crippen LogP contribution is -2.61. The largest absolute Gasteiger partial charge is 0.479 e. The zero-order valence-corrected chi connectivity index (χ0v) is 15.8. The Morgan fingerprint density at radius 3 is 2.56 bits per heavy atom. The predicted octanol–water partition coefficient (Wildman–Crippen LogP) is 0.307. The molecule has 0 saturated carbocycles. The predicted molar refractivity (Wildman–Crippen MR) is 97.5 cm³/mol. The number of rotatable bonds is 8. The van der Waals surface area contributed by atoms with Crippen molar-refractivity contribution in [1.82, 2.24) is 5.32 Å². The van der Waals surface area contributed by atoms with Gasteiger partial charge in [-0.1, -0.05) is 26.0 Å². The minimum absolute atomic E-state index is 0.289. The third-order valence-electron chi connectivity index (χ3n) is 5.00. The van der Waals surface area contributed by atoms with Crippen molar-refractivity contribution in [3.05, 3.63) is 29.8 Å². The summed E-state index contributed by atoms with van der Waals surface area (Å²) in [7, 11) is 1.91. The zero-order valence-electron chi connectivity index (χ0n) is 15.8.